The van der Waals surface area contributed by atoms with E-state index in [1.165, 1.54) is 16.7 Å². The third-order valence-electron chi connectivity index (χ3n) is 4.34. The molecule has 1 nitrogen and oxygen atoms in total. The van der Waals surface area contributed by atoms with Gasteiger partial charge in [-0.1, -0.05) is 54.9 Å². The summed E-state index contributed by atoms with van der Waals surface area (Å²) in [5.41, 5.74) is 4.36. The van der Waals surface area contributed by atoms with Crippen molar-refractivity contribution in [2.45, 2.75) is 25.2 Å². The Kier molecular flexibility index (Phi) is 3.82. The van der Waals surface area contributed by atoms with E-state index in [9.17, 15) is 0 Å². The quantitative estimate of drug-likeness (QED) is 0.896. The first kappa shape index (κ1) is 13.7. The topological polar surface area (TPSA) is 12.0 Å². The molecule has 1 aliphatic heterocycles. The molecule has 1 heterocycles. The highest BCUT2D eigenvalue weighted by atomic mass is 35.5. The lowest BCUT2D eigenvalue weighted by Gasteiger charge is -2.43. The molecule has 0 spiro atoms. The van der Waals surface area contributed by atoms with Crippen molar-refractivity contribution in [2.75, 3.05) is 13.1 Å². The Morgan fingerprint density at radius 3 is 2.30 bits per heavy atom. The van der Waals surface area contributed by atoms with Gasteiger partial charge in [0.15, 0.2) is 0 Å². The molecule has 0 atom stereocenters. The monoisotopic (exact) mass is 285 g/mol. The summed E-state index contributed by atoms with van der Waals surface area (Å²) in [4.78, 5) is 0. The van der Waals surface area contributed by atoms with Crippen LogP contribution in [0.3, 0.4) is 0 Å². The molecular weight excluding hydrogens is 266 g/mol. The van der Waals surface area contributed by atoms with Crippen LogP contribution in [0.2, 0.25) is 5.02 Å². The standard InChI is InChI=1S/C18H20ClN/c1-2-14-6-8-15(9-7-14)11-18(12-20-13-18)16-4-3-5-17(19)10-16/h3-10,20H,2,11-13H2,1H3. The van der Waals surface area contributed by atoms with Gasteiger partial charge in [0, 0.05) is 23.5 Å². The summed E-state index contributed by atoms with van der Waals surface area (Å²) in [6.45, 7) is 4.25. The van der Waals surface area contributed by atoms with Crippen LogP contribution in [-0.4, -0.2) is 13.1 Å². The molecule has 0 saturated carbocycles. The number of hydrogen-bond donors (Lipinski definition) is 1. The largest absolute Gasteiger partial charge is 0.315 e. The number of halogens is 1. The van der Waals surface area contributed by atoms with Crippen molar-refractivity contribution in [3.8, 4) is 0 Å². The first-order valence-electron chi connectivity index (χ1n) is 7.26. The second-order valence-electron chi connectivity index (χ2n) is 5.74. The van der Waals surface area contributed by atoms with Crippen LogP contribution < -0.4 is 5.32 Å². The molecule has 2 aromatic carbocycles. The summed E-state index contributed by atoms with van der Waals surface area (Å²) in [5.74, 6) is 0. The maximum absolute atomic E-state index is 6.15. The Bertz CT molecular complexity index is 585. The summed E-state index contributed by atoms with van der Waals surface area (Å²) < 4.78 is 0. The Hall–Kier alpha value is -1.31. The second-order valence-corrected chi connectivity index (χ2v) is 6.18. The molecule has 0 aromatic heterocycles. The van der Waals surface area contributed by atoms with E-state index in [1.54, 1.807) is 0 Å². The van der Waals surface area contributed by atoms with E-state index in [2.05, 4.69) is 54.7 Å². The number of benzene rings is 2. The fourth-order valence-electron chi connectivity index (χ4n) is 2.96. The van der Waals surface area contributed by atoms with E-state index in [-0.39, 0.29) is 5.41 Å². The van der Waals surface area contributed by atoms with Crippen LogP contribution >= 0.6 is 11.6 Å². The van der Waals surface area contributed by atoms with Crippen LogP contribution in [0.5, 0.6) is 0 Å². The van der Waals surface area contributed by atoms with Gasteiger partial charge in [0.25, 0.3) is 0 Å². The maximum atomic E-state index is 6.15. The normalized spacial score (nSPS) is 16.7. The Morgan fingerprint density at radius 1 is 1.05 bits per heavy atom. The third-order valence-corrected chi connectivity index (χ3v) is 4.57. The van der Waals surface area contributed by atoms with Gasteiger partial charge in [0.1, 0.15) is 0 Å². The summed E-state index contributed by atoms with van der Waals surface area (Å²) in [6.07, 6.45) is 2.17. The minimum absolute atomic E-state index is 0.207. The average molecular weight is 286 g/mol. The van der Waals surface area contributed by atoms with Gasteiger partial charge in [-0.3, -0.25) is 0 Å². The average Bonchev–Trinajstić information content (AvgIpc) is 2.43. The minimum Gasteiger partial charge on any atom is -0.315 e. The highest BCUT2D eigenvalue weighted by Crippen LogP contribution is 2.33. The van der Waals surface area contributed by atoms with Crippen LogP contribution in [0.4, 0.5) is 0 Å². The van der Waals surface area contributed by atoms with Gasteiger partial charge in [-0.15, -0.1) is 0 Å². The number of aryl methyl sites for hydroxylation is 1. The lowest BCUT2D eigenvalue weighted by atomic mass is 9.71. The van der Waals surface area contributed by atoms with Crippen molar-refractivity contribution in [3.63, 3.8) is 0 Å². The zero-order valence-corrected chi connectivity index (χ0v) is 12.6. The molecule has 2 heteroatoms. The van der Waals surface area contributed by atoms with Gasteiger partial charge < -0.3 is 5.32 Å². The van der Waals surface area contributed by atoms with E-state index in [0.29, 0.717) is 0 Å². The van der Waals surface area contributed by atoms with Crippen molar-refractivity contribution in [3.05, 3.63) is 70.2 Å². The fourth-order valence-corrected chi connectivity index (χ4v) is 3.15. The fraction of sp³-hybridized carbons (Fsp3) is 0.333. The second kappa shape index (κ2) is 5.59. The molecule has 1 fully saturated rings. The van der Waals surface area contributed by atoms with E-state index in [4.69, 9.17) is 11.6 Å². The molecule has 0 amide bonds. The van der Waals surface area contributed by atoms with Gasteiger partial charge in [-0.05, 0) is 41.7 Å². The SMILES string of the molecule is CCc1ccc(CC2(c3cccc(Cl)c3)CNC2)cc1. The van der Waals surface area contributed by atoms with Gasteiger partial charge in [-0.2, -0.15) is 0 Å². The molecule has 1 N–H and O–H groups in total. The summed E-state index contributed by atoms with van der Waals surface area (Å²) in [6, 6.07) is 17.3. The molecule has 0 aliphatic carbocycles. The summed E-state index contributed by atoms with van der Waals surface area (Å²) in [7, 11) is 0. The van der Waals surface area contributed by atoms with Gasteiger partial charge >= 0.3 is 0 Å². The van der Waals surface area contributed by atoms with Crippen LogP contribution in [0, 0.1) is 0 Å². The highest BCUT2D eigenvalue weighted by molar-refractivity contribution is 6.30. The molecule has 0 unspecified atom stereocenters. The Morgan fingerprint density at radius 2 is 1.75 bits per heavy atom. The molecule has 1 aliphatic rings. The lowest BCUT2D eigenvalue weighted by Crippen LogP contribution is -2.58. The molecule has 2 aromatic rings. The number of nitrogens with one attached hydrogen (secondary N) is 1. The smallest absolute Gasteiger partial charge is 0.0408 e. The van der Waals surface area contributed by atoms with E-state index >= 15 is 0 Å². The first-order valence-corrected chi connectivity index (χ1v) is 7.64. The van der Waals surface area contributed by atoms with Crippen LogP contribution in [0.1, 0.15) is 23.6 Å². The molecule has 20 heavy (non-hydrogen) atoms. The zero-order valence-electron chi connectivity index (χ0n) is 11.8. The van der Waals surface area contributed by atoms with Crippen LogP contribution in [0.15, 0.2) is 48.5 Å². The zero-order chi connectivity index (χ0) is 14.0. The Balaban J connectivity index is 1.85. The van der Waals surface area contributed by atoms with Gasteiger partial charge in [-0.25, -0.2) is 0 Å². The molecular formula is C18H20ClN. The maximum Gasteiger partial charge on any atom is 0.0408 e. The Labute approximate surface area is 126 Å². The minimum atomic E-state index is 0.207. The number of rotatable bonds is 4. The lowest BCUT2D eigenvalue weighted by molar-refractivity contribution is 0.275. The molecule has 0 radical (unpaired) electrons. The van der Waals surface area contributed by atoms with Crippen molar-refractivity contribution >= 4 is 11.6 Å². The van der Waals surface area contributed by atoms with Gasteiger partial charge in [0.2, 0.25) is 0 Å². The molecule has 104 valence electrons. The van der Waals surface area contributed by atoms with Crippen LogP contribution in [0.25, 0.3) is 0 Å². The molecule has 1 saturated heterocycles. The highest BCUT2D eigenvalue weighted by Gasteiger charge is 2.38. The van der Waals surface area contributed by atoms with E-state index in [1.807, 2.05) is 6.07 Å². The first-order chi connectivity index (χ1) is 9.72. The summed E-state index contributed by atoms with van der Waals surface area (Å²) >= 11 is 6.15. The van der Waals surface area contributed by atoms with Crippen molar-refractivity contribution in [1.82, 2.24) is 5.32 Å². The number of hydrogen-bond acceptors (Lipinski definition) is 1. The van der Waals surface area contributed by atoms with Crippen molar-refractivity contribution < 1.29 is 0 Å². The molecule has 0 bridgehead atoms. The van der Waals surface area contributed by atoms with Gasteiger partial charge in [0.05, 0.1) is 0 Å². The van der Waals surface area contributed by atoms with Crippen molar-refractivity contribution in [1.29, 1.82) is 0 Å². The molecule has 3 rings (SSSR count). The van der Waals surface area contributed by atoms with Crippen molar-refractivity contribution in [2.24, 2.45) is 0 Å². The van der Waals surface area contributed by atoms with E-state index in [0.717, 1.165) is 31.0 Å². The van der Waals surface area contributed by atoms with Crippen LogP contribution in [-0.2, 0) is 18.3 Å². The summed E-state index contributed by atoms with van der Waals surface area (Å²) in [5, 5.41) is 4.25. The third kappa shape index (κ3) is 2.61. The predicted octanol–water partition coefficient (Wildman–Crippen LogP) is 3.99. The predicted molar refractivity (Wildman–Crippen MR) is 85.5 cm³/mol. The van der Waals surface area contributed by atoms with E-state index < -0.39 is 0 Å².